The van der Waals surface area contributed by atoms with Gasteiger partial charge in [-0.3, -0.25) is 9.59 Å². The summed E-state index contributed by atoms with van der Waals surface area (Å²) in [6.07, 6.45) is 2.12. The molecule has 1 fully saturated rings. The fraction of sp³-hybridized carbons (Fsp3) is 0.300. The smallest absolute Gasteiger partial charge is 0.228 e. The van der Waals surface area contributed by atoms with Crippen LogP contribution in [-0.2, 0) is 16.1 Å². The fourth-order valence-electron chi connectivity index (χ4n) is 3.19. The highest BCUT2D eigenvalue weighted by atomic mass is 32.2. The molecule has 3 rings (SSSR count). The lowest BCUT2D eigenvalue weighted by Gasteiger charge is -2.22. The van der Waals surface area contributed by atoms with Crippen LogP contribution < -0.4 is 4.90 Å². The second kappa shape index (κ2) is 8.08. The number of nitrogens with zero attached hydrogens (tertiary/aromatic N) is 2. The standard InChI is InChI=1S/C20H20F2N2O2S/c1-23(11-13-3-8-17(21)18(22)9-13)20(26)14-10-19(25)24(12-14)15-4-6-16(27-2)7-5-15/h3-9,14H,10-12H2,1-2H3. The van der Waals surface area contributed by atoms with Crippen molar-refractivity contribution >= 4 is 29.3 Å². The van der Waals surface area contributed by atoms with Gasteiger partial charge >= 0.3 is 0 Å². The predicted octanol–water partition coefficient (Wildman–Crippen LogP) is 3.70. The van der Waals surface area contributed by atoms with Gasteiger partial charge in [-0.1, -0.05) is 6.07 Å². The van der Waals surface area contributed by atoms with Crippen molar-refractivity contribution < 1.29 is 18.4 Å². The number of anilines is 1. The summed E-state index contributed by atoms with van der Waals surface area (Å²) in [7, 11) is 1.60. The first-order chi connectivity index (χ1) is 12.9. The molecule has 0 radical (unpaired) electrons. The number of rotatable bonds is 5. The van der Waals surface area contributed by atoms with E-state index in [0.29, 0.717) is 12.1 Å². The first-order valence-electron chi connectivity index (χ1n) is 8.52. The third-order valence-electron chi connectivity index (χ3n) is 4.64. The van der Waals surface area contributed by atoms with Crippen LogP contribution >= 0.6 is 11.8 Å². The van der Waals surface area contributed by atoms with Crippen LogP contribution in [0.2, 0.25) is 0 Å². The molecule has 0 spiro atoms. The summed E-state index contributed by atoms with van der Waals surface area (Å²) in [5.74, 6) is -2.59. The van der Waals surface area contributed by atoms with Crippen LogP contribution in [-0.4, -0.2) is 36.6 Å². The molecule has 0 aromatic heterocycles. The van der Waals surface area contributed by atoms with Crippen LogP contribution in [0.15, 0.2) is 47.4 Å². The van der Waals surface area contributed by atoms with E-state index in [1.807, 2.05) is 30.5 Å². The Balaban J connectivity index is 1.66. The highest BCUT2D eigenvalue weighted by Gasteiger charge is 2.36. The van der Waals surface area contributed by atoms with Crippen molar-refractivity contribution in [3.63, 3.8) is 0 Å². The number of benzene rings is 2. The fourth-order valence-corrected chi connectivity index (χ4v) is 3.59. The number of hydrogen-bond acceptors (Lipinski definition) is 3. The molecule has 0 N–H and O–H groups in total. The van der Waals surface area contributed by atoms with Gasteiger partial charge in [0.1, 0.15) is 0 Å². The van der Waals surface area contributed by atoms with Crippen molar-refractivity contribution in [3.8, 4) is 0 Å². The van der Waals surface area contributed by atoms with Crippen LogP contribution in [0.1, 0.15) is 12.0 Å². The van der Waals surface area contributed by atoms with Crippen molar-refractivity contribution in [3.05, 3.63) is 59.7 Å². The Bertz CT molecular complexity index is 858. The Morgan fingerprint density at radius 1 is 1.19 bits per heavy atom. The highest BCUT2D eigenvalue weighted by Crippen LogP contribution is 2.28. The van der Waals surface area contributed by atoms with Crippen LogP contribution in [0.4, 0.5) is 14.5 Å². The number of carbonyl (C=O) groups is 2. The number of carbonyl (C=O) groups excluding carboxylic acids is 2. The van der Waals surface area contributed by atoms with Crippen LogP contribution in [0.5, 0.6) is 0 Å². The molecule has 1 unspecified atom stereocenters. The van der Waals surface area contributed by atoms with Crippen LogP contribution in [0.25, 0.3) is 0 Å². The average molecular weight is 390 g/mol. The minimum absolute atomic E-state index is 0.0912. The first kappa shape index (κ1) is 19.4. The molecule has 7 heteroatoms. The van der Waals surface area contributed by atoms with E-state index in [1.54, 1.807) is 23.7 Å². The summed E-state index contributed by atoms with van der Waals surface area (Å²) in [6, 6.07) is 11.2. The molecule has 142 valence electrons. The zero-order valence-electron chi connectivity index (χ0n) is 15.1. The van der Waals surface area contributed by atoms with Gasteiger partial charge in [-0.25, -0.2) is 8.78 Å². The van der Waals surface area contributed by atoms with Gasteiger partial charge in [0.15, 0.2) is 11.6 Å². The third kappa shape index (κ3) is 4.30. The molecule has 2 amide bonds. The van der Waals surface area contributed by atoms with Gasteiger partial charge in [0.25, 0.3) is 0 Å². The van der Waals surface area contributed by atoms with Crippen LogP contribution in [0.3, 0.4) is 0 Å². The lowest BCUT2D eigenvalue weighted by atomic mass is 10.1. The van der Waals surface area contributed by atoms with Crippen molar-refractivity contribution in [1.82, 2.24) is 4.90 Å². The molecule has 27 heavy (non-hydrogen) atoms. The predicted molar refractivity (Wildman–Crippen MR) is 102 cm³/mol. The van der Waals surface area contributed by atoms with E-state index < -0.39 is 17.6 Å². The Hall–Kier alpha value is -2.41. The SMILES string of the molecule is CSc1ccc(N2CC(C(=O)N(C)Cc3ccc(F)c(F)c3)CC2=O)cc1. The summed E-state index contributed by atoms with van der Waals surface area (Å²) < 4.78 is 26.4. The molecule has 1 saturated heterocycles. The van der Waals surface area contributed by atoms with Gasteiger partial charge in [0, 0.05) is 37.1 Å². The lowest BCUT2D eigenvalue weighted by Crippen LogP contribution is -2.34. The third-order valence-corrected chi connectivity index (χ3v) is 5.38. The van der Waals surface area contributed by atoms with Gasteiger partial charge in [-0.15, -0.1) is 11.8 Å². The number of amides is 2. The topological polar surface area (TPSA) is 40.6 Å². The summed E-state index contributed by atoms with van der Waals surface area (Å²) in [5.41, 5.74) is 1.27. The molecule has 2 aromatic carbocycles. The van der Waals surface area contributed by atoms with E-state index >= 15 is 0 Å². The maximum atomic E-state index is 13.3. The second-order valence-electron chi connectivity index (χ2n) is 6.55. The van der Waals surface area contributed by atoms with Gasteiger partial charge in [0.2, 0.25) is 11.8 Å². The van der Waals surface area contributed by atoms with Crippen molar-refractivity contribution in [1.29, 1.82) is 0 Å². The zero-order valence-corrected chi connectivity index (χ0v) is 15.9. The molecule has 4 nitrogen and oxygen atoms in total. The zero-order chi connectivity index (χ0) is 19.6. The quantitative estimate of drug-likeness (QED) is 0.731. The van der Waals surface area contributed by atoms with Gasteiger partial charge < -0.3 is 9.80 Å². The molecule has 0 aliphatic carbocycles. The highest BCUT2D eigenvalue weighted by molar-refractivity contribution is 7.98. The van der Waals surface area contributed by atoms with E-state index in [1.165, 1.54) is 11.0 Å². The summed E-state index contributed by atoms with van der Waals surface area (Å²) >= 11 is 1.62. The van der Waals surface area contributed by atoms with E-state index in [-0.39, 0.29) is 24.8 Å². The normalized spacial score (nSPS) is 16.7. The molecular weight excluding hydrogens is 370 g/mol. The molecule has 1 aliphatic heterocycles. The van der Waals surface area contributed by atoms with E-state index in [2.05, 4.69) is 0 Å². The molecular formula is C20H20F2N2O2S. The molecule has 1 aliphatic rings. The van der Waals surface area contributed by atoms with Crippen LogP contribution in [0, 0.1) is 17.6 Å². The van der Waals surface area contributed by atoms with Gasteiger partial charge in [-0.2, -0.15) is 0 Å². The maximum absolute atomic E-state index is 13.3. The van der Waals surface area contributed by atoms with Crippen molar-refractivity contribution in [2.45, 2.75) is 17.9 Å². The number of thioether (sulfide) groups is 1. The monoisotopic (exact) mass is 390 g/mol. The van der Waals surface area contributed by atoms with Gasteiger partial charge in [-0.05, 0) is 48.2 Å². The maximum Gasteiger partial charge on any atom is 0.228 e. The molecule has 1 heterocycles. The van der Waals surface area contributed by atoms with Crippen molar-refractivity contribution in [2.24, 2.45) is 5.92 Å². The number of hydrogen-bond donors (Lipinski definition) is 0. The summed E-state index contributed by atoms with van der Waals surface area (Å²) in [5, 5.41) is 0. The lowest BCUT2D eigenvalue weighted by molar-refractivity contribution is -0.135. The molecule has 0 saturated carbocycles. The largest absolute Gasteiger partial charge is 0.341 e. The second-order valence-corrected chi connectivity index (χ2v) is 7.43. The summed E-state index contributed by atoms with van der Waals surface area (Å²) in [6.45, 7) is 0.474. The first-order valence-corrected chi connectivity index (χ1v) is 9.75. The van der Waals surface area contributed by atoms with E-state index in [4.69, 9.17) is 0 Å². The molecule has 0 bridgehead atoms. The Morgan fingerprint density at radius 3 is 2.52 bits per heavy atom. The Morgan fingerprint density at radius 2 is 1.89 bits per heavy atom. The Labute approximate surface area is 161 Å². The van der Waals surface area contributed by atoms with E-state index in [9.17, 15) is 18.4 Å². The minimum Gasteiger partial charge on any atom is -0.341 e. The number of halogens is 2. The Kier molecular flexibility index (Phi) is 5.79. The van der Waals surface area contributed by atoms with E-state index in [0.717, 1.165) is 22.7 Å². The average Bonchev–Trinajstić information content (AvgIpc) is 3.05. The van der Waals surface area contributed by atoms with Gasteiger partial charge in [0.05, 0.1) is 5.92 Å². The molecule has 1 atom stereocenters. The van der Waals surface area contributed by atoms with Crippen molar-refractivity contribution in [2.75, 3.05) is 24.7 Å². The minimum atomic E-state index is -0.941. The summed E-state index contributed by atoms with van der Waals surface area (Å²) in [4.78, 5) is 29.2. The molecule has 2 aromatic rings.